The molecule has 13 heavy (non-hydrogen) atoms. The zero-order valence-corrected chi connectivity index (χ0v) is 7.95. The van der Waals surface area contributed by atoms with Crippen molar-refractivity contribution in [2.75, 3.05) is 31.1 Å². The Morgan fingerprint density at radius 2 is 2.08 bits per heavy atom. The summed E-state index contributed by atoms with van der Waals surface area (Å²) in [5.41, 5.74) is 2.48. The minimum Gasteiger partial charge on any atom is -0.368 e. The normalized spacial score (nSPS) is 17.5. The van der Waals surface area contributed by atoms with Crippen molar-refractivity contribution in [2.45, 2.75) is 6.92 Å². The van der Waals surface area contributed by atoms with Crippen LogP contribution in [-0.4, -0.2) is 31.2 Å². The summed E-state index contributed by atoms with van der Waals surface area (Å²) in [7, 11) is 0. The molecule has 1 N–H and O–H groups in total. The maximum absolute atomic E-state index is 4.20. The van der Waals surface area contributed by atoms with Crippen molar-refractivity contribution in [1.29, 1.82) is 0 Å². The van der Waals surface area contributed by atoms with Crippen LogP contribution in [0.15, 0.2) is 18.5 Å². The molecule has 1 aromatic rings. The molecule has 2 rings (SSSR count). The summed E-state index contributed by atoms with van der Waals surface area (Å²) < 4.78 is 0. The van der Waals surface area contributed by atoms with E-state index >= 15 is 0 Å². The molecule has 0 bridgehead atoms. The van der Waals surface area contributed by atoms with Crippen molar-refractivity contribution in [2.24, 2.45) is 0 Å². The molecule has 0 saturated carbocycles. The van der Waals surface area contributed by atoms with Gasteiger partial charge in [-0.3, -0.25) is 4.98 Å². The third-order valence-corrected chi connectivity index (χ3v) is 2.34. The molecular weight excluding hydrogens is 162 g/mol. The molecular formula is C10H15N3. The smallest absolute Gasteiger partial charge is 0.0556 e. The average molecular weight is 177 g/mol. The molecule has 0 radical (unpaired) electrons. The summed E-state index contributed by atoms with van der Waals surface area (Å²) >= 11 is 0. The predicted octanol–water partition coefficient (Wildman–Crippen LogP) is 0.800. The molecule has 0 aliphatic carbocycles. The lowest BCUT2D eigenvalue weighted by Crippen LogP contribution is -2.43. The molecule has 1 aromatic heterocycles. The van der Waals surface area contributed by atoms with Crippen LogP contribution >= 0.6 is 0 Å². The first-order chi connectivity index (χ1) is 6.36. The Bertz CT molecular complexity index is 279. The third kappa shape index (κ3) is 1.98. The monoisotopic (exact) mass is 177 g/mol. The molecule has 70 valence electrons. The number of aromatic nitrogens is 1. The van der Waals surface area contributed by atoms with Gasteiger partial charge in [0.15, 0.2) is 0 Å². The minimum absolute atomic E-state index is 1.08. The zero-order chi connectivity index (χ0) is 9.10. The number of rotatable bonds is 1. The fourth-order valence-electron chi connectivity index (χ4n) is 1.63. The highest BCUT2D eigenvalue weighted by molar-refractivity contribution is 5.46. The van der Waals surface area contributed by atoms with E-state index in [1.165, 1.54) is 11.3 Å². The maximum atomic E-state index is 4.20. The molecule has 1 saturated heterocycles. The summed E-state index contributed by atoms with van der Waals surface area (Å²) in [4.78, 5) is 6.57. The number of piperazine rings is 1. The van der Waals surface area contributed by atoms with E-state index < -0.39 is 0 Å². The highest BCUT2D eigenvalue weighted by atomic mass is 15.2. The molecule has 0 amide bonds. The fourth-order valence-corrected chi connectivity index (χ4v) is 1.63. The van der Waals surface area contributed by atoms with Crippen LogP contribution in [0.5, 0.6) is 0 Å². The summed E-state index contributed by atoms with van der Waals surface area (Å²) in [6.07, 6.45) is 3.84. The van der Waals surface area contributed by atoms with Crippen LogP contribution in [0.25, 0.3) is 0 Å². The molecule has 3 nitrogen and oxygen atoms in total. The van der Waals surface area contributed by atoms with E-state index in [-0.39, 0.29) is 0 Å². The Hall–Kier alpha value is -1.09. The van der Waals surface area contributed by atoms with Gasteiger partial charge in [-0.1, -0.05) is 0 Å². The van der Waals surface area contributed by atoms with Crippen molar-refractivity contribution >= 4 is 5.69 Å². The Morgan fingerprint density at radius 1 is 1.31 bits per heavy atom. The van der Waals surface area contributed by atoms with Gasteiger partial charge in [0, 0.05) is 32.4 Å². The highest BCUT2D eigenvalue weighted by Crippen LogP contribution is 2.13. The Labute approximate surface area is 78.8 Å². The zero-order valence-electron chi connectivity index (χ0n) is 7.95. The Kier molecular flexibility index (Phi) is 2.45. The first kappa shape index (κ1) is 8.51. The van der Waals surface area contributed by atoms with Crippen LogP contribution in [0.4, 0.5) is 5.69 Å². The van der Waals surface area contributed by atoms with Gasteiger partial charge in [0.25, 0.3) is 0 Å². The predicted molar refractivity (Wildman–Crippen MR) is 54.1 cm³/mol. The second-order valence-electron chi connectivity index (χ2n) is 3.46. The van der Waals surface area contributed by atoms with Gasteiger partial charge in [-0.2, -0.15) is 0 Å². The number of pyridine rings is 1. The second kappa shape index (κ2) is 3.75. The van der Waals surface area contributed by atoms with Gasteiger partial charge in [-0.25, -0.2) is 0 Å². The van der Waals surface area contributed by atoms with Gasteiger partial charge in [-0.05, 0) is 18.6 Å². The first-order valence-corrected chi connectivity index (χ1v) is 4.73. The fraction of sp³-hybridized carbons (Fsp3) is 0.500. The van der Waals surface area contributed by atoms with Crippen molar-refractivity contribution in [1.82, 2.24) is 10.3 Å². The average Bonchev–Trinajstić information content (AvgIpc) is 2.19. The van der Waals surface area contributed by atoms with Crippen molar-refractivity contribution in [3.63, 3.8) is 0 Å². The summed E-state index contributed by atoms with van der Waals surface area (Å²) in [5, 5.41) is 3.34. The van der Waals surface area contributed by atoms with E-state index in [4.69, 9.17) is 0 Å². The summed E-state index contributed by atoms with van der Waals surface area (Å²) in [6, 6.07) is 2.19. The van der Waals surface area contributed by atoms with E-state index in [1.807, 2.05) is 12.4 Å². The molecule has 2 heterocycles. The number of nitrogens with one attached hydrogen (secondary N) is 1. The summed E-state index contributed by atoms with van der Waals surface area (Å²) in [5.74, 6) is 0. The third-order valence-electron chi connectivity index (χ3n) is 2.34. The van der Waals surface area contributed by atoms with Gasteiger partial charge < -0.3 is 10.2 Å². The molecule has 1 fully saturated rings. The van der Waals surface area contributed by atoms with Crippen molar-refractivity contribution in [3.8, 4) is 0 Å². The maximum Gasteiger partial charge on any atom is 0.0556 e. The van der Waals surface area contributed by atoms with E-state index in [9.17, 15) is 0 Å². The quantitative estimate of drug-likeness (QED) is 0.687. The molecule has 0 spiro atoms. The van der Waals surface area contributed by atoms with Gasteiger partial charge in [-0.15, -0.1) is 0 Å². The van der Waals surface area contributed by atoms with Crippen molar-refractivity contribution < 1.29 is 0 Å². The molecule has 3 heteroatoms. The lowest BCUT2D eigenvalue weighted by molar-refractivity contribution is 0.588. The molecule has 0 aromatic carbocycles. The first-order valence-electron chi connectivity index (χ1n) is 4.73. The van der Waals surface area contributed by atoms with Gasteiger partial charge in [0.1, 0.15) is 0 Å². The lowest BCUT2D eigenvalue weighted by atomic mass is 10.2. The Morgan fingerprint density at radius 3 is 2.77 bits per heavy atom. The lowest BCUT2D eigenvalue weighted by Gasteiger charge is -2.29. The van der Waals surface area contributed by atoms with Crippen LogP contribution in [-0.2, 0) is 0 Å². The summed E-state index contributed by atoms with van der Waals surface area (Å²) in [6.45, 7) is 6.41. The van der Waals surface area contributed by atoms with E-state index in [0.717, 1.165) is 26.2 Å². The topological polar surface area (TPSA) is 28.2 Å². The van der Waals surface area contributed by atoms with Gasteiger partial charge in [0.05, 0.1) is 11.9 Å². The number of hydrogen-bond donors (Lipinski definition) is 1. The van der Waals surface area contributed by atoms with Gasteiger partial charge in [0.2, 0.25) is 0 Å². The van der Waals surface area contributed by atoms with E-state index in [2.05, 4.69) is 28.2 Å². The molecule has 1 aliphatic heterocycles. The standard InChI is InChI=1S/C10H15N3/c1-9-6-10(8-12-7-9)13-4-2-11-3-5-13/h6-8,11H,2-5H2,1H3. The largest absolute Gasteiger partial charge is 0.368 e. The highest BCUT2D eigenvalue weighted by Gasteiger charge is 2.09. The number of hydrogen-bond acceptors (Lipinski definition) is 3. The minimum atomic E-state index is 1.08. The molecule has 0 atom stereocenters. The van der Waals surface area contributed by atoms with Crippen LogP contribution < -0.4 is 10.2 Å². The van der Waals surface area contributed by atoms with Crippen LogP contribution in [0.1, 0.15) is 5.56 Å². The van der Waals surface area contributed by atoms with Gasteiger partial charge >= 0.3 is 0 Å². The number of anilines is 1. The van der Waals surface area contributed by atoms with E-state index in [1.54, 1.807) is 0 Å². The van der Waals surface area contributed by atoms with Crippen LogP contribution in [0, 0.1) is 6.92 Å². The SMILES string of the molecule is Cc1cncc(N2CCNCC2)c1. The number of nitrogens with zero attached hydrogens (tertiary/aromatic N) is 2. The number of aryl methyl sites for hydroxylation is 1. The van der Waals surface area contributed by atoms with Crippen LogP contribution in [0.2, 0.25) is 0 Å². The van der Waals surface area contributed by atoms with Crippen LogP contribution in [0.3, 0.4) is 0 Å². The second-order valence-corrected chi connectivity index (χ2v) is 3.46. The molecule has 0 unspecified atom stereocenters. The van der Waals surface area contributed by atoms with E-state index in [0.29, 0.717) is 0 Å². The van der Waals surface area contributed by atoms with Crippen molar-refractivity contribution in [3.05, 3.63) is 24.0 Å². The molecule has 1 aliphatic rings. The Balaban J connectivity index is 2.14.